The molecule has 98 valence electrons. The summed E-state index contributed by atoms with van der Waals surface area (Å²) in [7, 11) is 0. The lowest BCUT2D eigenvalue weighted by Gasteiger charge is -2.30. The Hall–Kier alpha value is -1.62. The average molecular weight is 249 g/mol. The van der Waals surface area contributed by atoms with E-state index in [1.165, 1.54) is 12.3 Å². The van der Waals surface area contributed by atoms with E-state index in [0.717, 1.165) is 19.4 Å². The second-order valence-electron chi connectivity index (χ2n) is 4.86. The van der Waals surface area contributed by atoms with Gasteiger partial charge in [0.05, 0.1) is 5.56 Å². The molecule has 1 amide bonds. The third-order valence-electron chi connectivity index (χ3n) is 3.45. The number of nitrogens with one attached hydrogen (secondary N) is 3. The van der Waals surface area contributed by atoms with Gasteiger partial charge in [0.2, 0.25) is 5.56 Å². The molecule has 0 bridgehead atoms. The molecule has 0 saturated carbocycles. The molecule has 0 aromatic carbocycles. The number of piperidine rings is 1. The quantitative estimate of drug-likeness (QED) is 0.716. The van der Waals surface area contributed by atoms with Crippen LogP contribution in [0.15, 0.2) is 17.1 Å². The van der Waals surface area contributed by atoms with Crippen LogP contribution in [0.5, 0.6) is 0 Å². The van der Waals surface area contributed by atoms with Crippen molar-refractivity contribution in [3.8, 4) is 0 Å². The van der Waals surface area contributed by atoms with Crippen molar-refractivity contribution in [1.82, 2.24) is 15.6 Å². The third-order valence-corrected chi connectivity index (χ3v) is 3.45. The zero-order valence-corrected chi connectivity index (χ0v) is 10.7. The van der Waals surface area contributed by atoms with E-state index < -0.39 is 0 Å². The minimum atomic E-state index is -0.184. The first-order chi connectivity index (χ1) is 8.58. The molecule has 1 fully saturated rings. The van der Waals surface area contributed by atoms with Gasteiger partial charge in [0, 0.05) is 24.3 Å². The molecular formula is C13H19N3O2. The number of rotatable bonds is 2. The molecule has 5 nitrogen and oxygen atoms in total. The fourth-order valence-corrected chi connectivity index (χ4v) is 2.31. The summed E-state index contributed by atoms with van der Waals surface area (Å²) in [4.78, 5) is 25.8. The number of amides is 1. The third kappa shape index (κ3) is 2.79. The summed E-state index contributed by atoms with van der Waals surface area (Å²) in [5.41, 5.74) is 1.05. The van der Waals surface area contributed by atoms with E-state index in [9.17, 15) is 9.59 Å². The summed E-state index contributed by atoms with van der Waals surface area (Å²) in [6.07, 6.45) is 3.54. The van der Waals surface area contributed by atoms with E-state index in [1.54, 1.807) is 6.92 Å². The number of aryl methyl sites for hydroxylation is 1. The van der Waals surface area contributed by atoms with Crippen LogP contribution in [-0.2, 0) is 0 Å². The molecule has 1 aromatic heterocycles. The Kier molecular flexibility index (Phi) is 3.81. The van der Waals surface area contributed by atoms with Crippen molar-refractivity contribution < 1.29 is 4.79 Å². The Morgan fingerprint density at radius 3 is 2.94 bits per heavy atom. The summed E-state index contributed by atoms with van der Waals surface area (Å²) >= 11 is 0. The summed E-state index contributed by atoms with van der Waals surface area (Å²) in [5.74, 6) is -0.121. The fourth-order valence-electron chi connectivity index (χ4n) is 2.31. The molecule has 1 aromatic rings. The van der Waals surface area contributed by atoms with Gasteiger partial charge in [0.1, 0.15) is 0 Å². The molecule has 1 aliphatic heterocycles. The minimum absolute atomic E-state index is 0.121. The Bertz CT molecular complexity index is 495. The molecule has 2 rings (SSSR count). The van der Waals surface area contributed by atoms with Crippen LogP contribution in [0.1, 0.15) is 35.7 Å². The normalized spacial score (nSPS) is 23.7. The van der Waals surface area contributed by atoms with Crippen molar-refractivity contribution >= 4 is 5.91 Å². The van der Waals surface area contributed by atoms with Gasteiger partial charge in [-0.05, 0) is 38.8 Å². The van der Waals surface area contributed by atoms with Crippen molar-refractivity contribution in [1.29, 1.82) is 0 Å². The van der Waals surface area contributed by atoms with Crippen molar-refractivity contribution in [2.75, 3.05) is 6.54 Å². The van der Waals surface area contributed by atoms with Gasteiger partial charge in [0.15, 0.2) is 0 Å². The molecule has 0 aliphatic carbocycles. The number of aromatic amines is 1. The zero-order chi connectivity index (χ0) is 13.1. The first-order valence-corrected chi connectivity index (χ1v) is 6.31. The van der Waals surface area contributed by atoms with Gasteiger partial charge in [-0.2, -0.15) is 0 Å². The van der Waals surface area contributed by atoms with Crippen LogP contribution in [0.25, 0.3) is 0 Å². The highest BCUT2D eigenvalue weighted by atomic mass is 16.2. The van der Waals surface area contributed by atoms with Crippen LogP contribution in [0, 0.1) is 6.92 Å². The van der Waals surface area contributed by atoms with E-state index in [0.29, 0.717) is 11.1 Å². The van der Waals surface area contributed by atoms with Crippen molar-refractivity contribution in [3.05, 3.63) is 33.7 Å². The Morgan fingerprint density at radius 1 is 1.50 bits per heavy atom. The van der Waals surface area contributed by atoms with E-state index in [1.807, 2.05) is 0 Å². The molecule has 3 N–H and O–H groups in total. The largest absolute Gasteiger partial charge is 0.348 e. The van der Waals surface area contributed by atoms with Crippen molar-refractivity contribution in [2.24, 2.45) is 0 Å². The lowest BCUT2D eigenvalue weighted by molar-refractivity contribution is 0.0919. The Morgan fingerprint density at radius 2 is 2.28 bits per heavy atom. The zero-order valence-electron chi connectivity index (χ0n) is 10.7. The molecule has 0 spiro atoms. The number of hydrogen-bond donors (Lipinski definition) is 3. The average Bonchev–Trinajstić information content (AvgIpc) is 2.32. The predicted molar refractivity (Wildman–Crippen MR) is 69.8 cm³/mol. The number of carbonyl (C=O) groups excluding carboxylic acids is 1. The van der Waals surface area contributed by atoms with Crippen LogP contribution in [0.2, 0.25) is 0 Å². The highest BCUT2D eigenvalue weighted by molar-refractivity contribution is 5.95. The maximum Gasteiger partial charge on any atom is 0.253 e. The van der Waals surface area contributed by atoms with Crippen LogP contribution in [-0.4, -0.2) is 29.5 Å². The summed E-state index contributed by atoms with van der Waals surface area (Å²) in [6, 6.07) is 1.88. The van der Waals surface area contributed by atoms with E-state index in [2.05, 4.69) is 22.5 Å². The molecule has 5 heteroatoms. The second-order valence-corrected chi connectivity index (χ2v) is 4.86. The predicted octanol–water partition coefficient (Wildman–Crippen LogP) is 0.554. The van der Waals surface area contributed by atoms with E-state index in [4.69, 9.17) is 0 Å². The number of hydrogen-bond acceptors (Lipinski definition) is 3. The number of H-pyrrole nitrogens is 1. The first kappa shape index (κ1) is 12.8. The number of pyridine rings is 1. The first-order valence-electron chi connectivity index (χ1n) is 6.31. The van der Waals surface area contributed by atoms with Gasteiger partial charge < -0.3 is 15.6 Å². The molecular weight excluding hydrogens is 230 g/mol. The monoisotopic (exact) mass is 249 g/mol. The molecule has 2 unspecified atom stereocenters. The van der Waals surface area contributed by atoms with E-state index >= 15 is 0 Å². The minimum Gasteiger partial charge on any atom is -0.348 e. The molecule has 2 atom stereocenters. The molecule has 1 saturated heterocycles. The summed E-state index contributed by atoms with van der Waals surface area (Å²) in [6.45, 7) is 4.85. The Labute approximate surface area is 106 Å². The summed E-state index contributed by atoms with van der Waals surface area (Å²) < 4.78 is 0. The van der Waals surface area contributed by atoms with Gasteiger partial charge >= 0.3 is 0 Å². The van der Waals surface area contributed by atoms with Gasteiger partial charge in [-0.3, -0.25) is 9.59 Å². The standard InChI is InChI=1S/C13H19N3O2/c1-8-6-12(17)15-7-10(8)13(18)16-11-4-3-5-14-9(11)2/h6-7,9,11,14H,3-5H2,1-2H3,(H,15,17)(H,16,18). The highest BCUT2D eigenvalue weighted by Gasteiger charge is 2.23. The molecule has 2 heterocycles. The van der Waals surface area contributed by atoms with Crippen LogP contribution < -0.4 is 16.2 Å². The number of aromatic nitrogens is 1. The molecule has 1 aliphatic rings. The van der Waals surface area contributed by atoms with Crippen LogP contribution in [0.4, 0.5) is 0 Å². The maximum absolute atomic E-state index is 12.1. The smallest absolute Gasteiger partial charge is 0.253 e. The van der Waals surface area contributed by atoms with Gasteiger partial charge in [-0.15, -0.1) is 0 Å². The van der Waals surface area contributed by atoms with E-state index in [-0.39, 0.29) is 23.6 Å². The topological polar surface area (TPSA) is 74.0 Å². The van der Waals surface area contributed by atoms with Gasteiger partial charge in [-0.25, -0.2) is 0 Å². The van der Waals surface area contributed by atoms with Crippen LogP contribution >= 0.6 is 0 Å². The summed E-state index contributed by atoms with van der Waals surface area (Å²) in [5, 5.41) is 6.36. The maximum atomic E-state index is 12.1. The van der Waals surface area contributed by atoms with Crippen molar-refractivity contribution in [2.45, 2.75) is 38.8 Å². The lowest BCUT2D eigenvalue weighted by Crippen LogP contribution is -2.52. The lowest BCUT2D eigenvalue weighted by atomic mass is 9.99. The highest BCUT2D eigenvalue weighted by Crippen LogP contribution is 2.10. The Balaban J connectivity index is 2.09. The SMILES string of the molecule is Cc1cc(=O)[nH]cc1C(=O)NC1CCCNC1C. The second kappa shape index (κ2) is 5.35. The fraction of sp³-hybridized carbons (Fsp3) is 0.538. The molecule has 18 heavy (non-hydrogen) atoms. The number of carbonyl (C=O) groups is 1. The van der Waals surface area contributed by atoms with Crippen molar-refractivity contribution in [3.63, 3.8) is 0 Å². The molecule has 0 radical (unpaired) electrons. The van der Waals surface area contributed by atoms with Gasteiger partial charge in [0.25, 0.3) is 5.91 Å². The van der Waals surface area contributed by atoms with Crippen LogP contribution in [0.3, 0.4) is 0 Å². The van der Waals surface area contributed by atoms with Gasteiger partial charge in [-0.1, -0.05) is 0 Å².